The van der Waals surface area contributed by atoms with Crippen LogP contribution in [0, 0.1) is 19.6 Å². The average molecular weight is 425 g/mol. The number of hydrogen-bond donors (Lipinski definition) is 0. The first-order valence-electron chi connectivity index (χ1n) is 5.33. The highest BCUT2D eigenvalue weighted by Gasteiger charge is 2.31. The van der Waals surface area contributed by atoms with E-state index in [9.17, 15) is 14.9 Å². The summed E-state index contributed by atoms with van der Waals surface area (Å²) in [5, 5.41) is 11.5. The van der Waals surface area contributed by atoms with Crippen molar-refractivity contribution in [3.63, 3.8) is 0 Å². The van der Waals surface area contributed by atoms with Crippen molar-refractivity contribution in [1.29, 1.82) is 0 Å². The number of hydrogen-bond acceptors (Lipinski definition) is 3. The monoisotopic (exact) mass is 424 g/mol. The van der Waals surface area contributed by atoms with Gasteiger partial charge in [-0.15, -0.1) is 0 Å². The van der Waals surface area contributed by atoms with Crippen molar-refractivity contribution in [3.8, 4) is 0 Å². The standard InChI is InChI=1S/C11H10BrIN2O3/c12-5-7-3-11(16)14(6-7)10-2-1-8(15(17)18)4-9(10)13/h1-2,4,7H,3,5-6H2. The van der Waals surface area contributed by atoms with Crippen LogP contribution in [0.3, 0.4) is 0 Å². The van der Waals surface area contributed by atoms with Gasteiger partial charge in [0.1, 0.15) is 0 Å². The third-order valence-corrected chi connectivity index (χ3v) is 4.64. The summed E-state index contributed by atoms with van der Waals surface area (Å²) in [6, 6.07) is 4.57. The van der Waals surface area contributed by atoms with Crippen LogP contribution in [0.5, 0.6) is 0 Å². The maximum atomic E-state index is 11.9. The first kappa shape index (κ1) is 13.7. The Morgan fingerprint density at radius 1 is 1.56 bits per heavy atom. The van der Waals surface area contributed by atoms with Crippen LogP contribution >= 0.6 is 38.5 Å². The van der Waals surface area contributed by atoms with Gasteiger partial charge in [0.05, 0.1) is 10.6 Å². The first-order valence-corrected chi connectivity index (χ1v) is 7.53. The highest BCUT2D eigenvalue weighted by Crippen LogP contribution is 2.31. The van der Waals surface area contributed by atoms with Crippen molar-refractivity contribution >= 4 is 55.8 Å². The second kappa shape index (κ2) is 5.52. The summed E-state index contributed by atoms with van der Waals surface area (Å²) in [6.45, 7) is 0.665. The number of nitro benzene ring substituents is 1. The predicted octanol–water partition coefficient (Wildman–Crippen LogP) is 2.95. The molecular formula is C11H10BrIN2O3. The summed E-state index contributed by atoms with van der Waals surface area (Å²) in [5.74, 6) is 0.384. The minimum atomic E-state index is -0.432. The number of amides is 1. The number of halogens is 2. The minimum Gasteiger partial charge on any atom is -0.311 e. The number of nitro groups is 1. The number of benzene rings is 1. The molecule has 1 unspecified atom stereocenters. The lowest BCUT2D eigenvalue weighted by Gasteiger charge is -2.17. The molecule has 1 aromatic carbocycles. The van der Waals surface area contributed by atoms with Crippen molar-refractivity contribution in [2.24, 2.45) is 5.92 Å². The highest BCUT2D eigenvalue weighted by molar-refractivity contribution is 14.1. The predicted molar refractivity (Wildman–Crippen MR) is 80.1 cm³/mol. The third kappa shape index (κ3) is 2.66. The summed E-state index contributed by atoms with van der Waals surface area (Å²) in [7, 11) is 0. The lowest BCUT2D eigenvalue weighted by molar-refractivity contribution is -0.384. The summed E-state index contributed by atoms with van der Waals surface area (Å²) in [4.78, 5) is 23.8. The molecule has 7 heteroatoms. The largest absolute Gasteiger partial charge is 0.311 e. The second-order valence-electron chi connectivity index (χ2n) is 4.12. The van der Waals surface area contributed by atoms with Crippen LogP contribution in [0.25, 0.3) is 0 Å². The van der Waals surface area contributed by atoms with Crippen molar-refractivity contribution in [1.82, 2.24) is 0 Å². The number of carbonyl (C=O) groups is 1. The first-order chi connectivity index (χ1) is 8.52. The third-order valence-electron chi connectivity index (χ3n) is 2.86. The Kier molecular flexibility index (Phi) is 4.21. The summed E-state index contributed by atoms with van der Waals surface area (Å²) in [5.41, 5.74) is 0.807. The van der Waals surface area contributed by atoms with Gasteiger partial charge in [0.2, 0.25) is 5.91 Å². The van der Waals surface area contributed by atoms with Gasteiger partial charge in [-0.25, -0.2) is 0 Å². The molecule has 96 valence electrons. The molecule has 1 heterocycles. The van der Waals surface area contributed by atoms with E-state index in [1.807, 2.05) is 22.6 Å². The molecular weight excluding hydrogens is 415 g/mol. The van der Waals surface area contributed by atoms with Crippen LogP contribution < -0.4 is 4.90 Å². The molecule has 1 atom stereocenters. The molecule has 0 N–H and O–H groups in total. The van der Waals surface area contributed by atoms with Gasteiger partial charge in [0.25, 0.3) is 5.69 Å². The van der Waals surface area contributed by atoms with Crippen LogP contribution in [0.2, 0.25) is 0 Å². The Morgan fingerprint density at radius 2 is 2.28 bits per heavy atom. The van der Waals surface area contributed by atoms with Gasteiger partial charge < -0.3 is 4.90 Å². The topological polar surface area (TPSA) is 63.5 Å². The van der Waals surface area contributed by atoms with Crippen LogP contribution in [0.4, 0.5) is 11.4 Å². The molecule has 1 fully saturated rings. The van der Waals surface area contributed by atoms with E-state index in [-0.39, 0.29) is 11.6 Å². The van der Waals surface area contributed by atoms with Gasteiger partial charge in [-0.3, -0.25) is 14.9 Å². The molecule has 0 radical (unpaired) electrons. The maximum Gasteiger partial charge on any atom is 0.270 e. The van der Waals surface area contributed by atoms with Gasteiger partial charge in [0.15, 0.2) is 0 Å². The Hall–Kier alpha value is -0.700. The van der Waals surface area contributed by atoms with E-state index in [4.69, 9.17) is 0 Å². The molecule has 1 saturated heterocycles. The van der Waals surface area contributed by atoms with Crippen LogP contribution in [0.1, 0.15) is 6.42 Å². The number of rotatable bonds is 3. The lowest BCUT2D eigenvalue weighted by Crippen LogP contribution is -2.25. The Labute approximate surface area is 126 Å². The van der Waals surface area contributed by atoms with Crippen LogP contribution in [-0.4, -0.2) is 22.7 Å². The quantitative estimate of drug-likeness (QED) is 0.324. The number of non-ortho nitro benzene ring substituents is 1. The van der Waals surface area contributed by atoms with E-state index in [1.54, 1.807) is 11.0 Å². The van der Waals surface area contributed by atoms with Gasteiger partial charge in [-0.05, 0) is 34.6 Å². The molecule has 1 aromatic rings. The molecule has 2 rings (SSSR count). The van der Waals surface area contributed by atoms with Crippen molar-refractivity contribution in [2.75, 3.05) is 16.8 Å². The van der Waals surface area contributed by atoms with E-state index in [2.05, 4.69) is 15.9 Å². The zero-order chi connectivity index (χ0) is 13.3. The number of alkyl halides is 1. The van der Waals surface area contributed by atoms with Crippen LogP contribution in [0.15, 0.2) is 18.2 Å². The fourth-order valence-corrected chi connectivity index (χ4v) is 3.17. The molecule has 0 aliphatic carbocycles. The van der Waals surface area contributed by atoms with E-state index in [0.717, 1.165) is 14.6 Å². The normalized spacial score (nSPS) is 19.3. The Bertz CT molecular complexity index is 509. The lowest BCUT2D eigenvalue weighted by atomic mass is 10.2. The Morgan fingerprint density at radius 3 is 2.78 bits per heavy atom. The highest BCUT2D eigenvalue weighted by atomic mass is 127. The molecule has 18 heavy (non-hydrogen) atoms. The van der Waals surface area contributed by atoms with Gasteiger partial charge in [0, 0.05) is 34.0 Å². The van der Waals surface area contributed by atoms with Crippen molar-refractivity contribution in [2.45, 2.75) is 6.42 Å². The fourth-order valence-electron chi connectivity index (χ4n) is 1.95. The van der Waals surface area contributed by atoms with Gasteiger partial charge in [-0.2, -0.15) is 0 Å². The number of anilines is 1. The molecule has 1 amide bonds. The molecule has 0 bridgehead atoms. The fraction of sp³-hybridized carbons (Fsp3) is 0.364. The number of carbonyl (C=O) groups excluding carboxylic acids is 1. The number of nitrogens with zero attached hydrogens (tertiary/aromatic N) is 2. The van der Waals surface area contributed by atoms with Crippen LogP contribution in [-0.2, 0) is 4.79 Å². The maximum absolute atomic E-state index is 11.9. The Balaban J connectivity index is 2.29. The zero-order valence-electron chi connectivity index (χ0n) is 9.31. The summed E-state index contributed by atoms with van der Waals surface area (Å²) >= 11 is 5.41. The summed E-state index contributed by atoms with van der Waals surface area (Å²) < 4.78 is 0.727. The van der Waals surface area contributed by atoms with Gasteiger partial charge >= 0.3 is 0 Å². The van der Waals surface area contributed by atoms with E-state index >= 15 is 0 Å². The SMILES string of the molecule is O=C1CC(CBr)CN1c1ccc([N+](=O)[O-])cc1I. The molecule has 1 aliphatic rings. The summed E-state index contributed by atoms with van der Waals surface area (Å²) in [6.07, 6.45) is 0.526. The van der Waals surface area contributed by atoms with E-state index in [0.29, 0.717) is 18.9 Å². The van der Waals surface area contributed by atoms with Gasteiger partial charge in [-0.1, -0.05) is 15.9 Å². The zero-order valence-corrected chi connectivity index (χ0v) is 13.0. The average Bonchev–Trinajstić information content (AvgIpc) is 2.70. The molecule has 0 aromatic heterocycles. The second-order valence-corrected chi connectivity index (χ2v) is 5.93. The minimum absolute atomic E-state index is 0.0480. The molecule has 0 spiro atoms. The molecule has 5 nitrogen and oxygen atoms in total. The van der Waals surface area contributed by atoms with E-state index < -0.39 is 4.92 Å². The van der Waals surface area contributed by atoms with Crippen molar-refractivity contribution in [3.05, 3.63) is 31.9 Å². The van der Waals surface area contributed by atoms with E-state index in [1.165, 1.54) is 12.1 Å². The molecule has 1 aliphatic heterocycles. The van der Waals surface area contributed by atoms with Crippen molar-refractivity contribution < 1.29 is 9.72 Å². The molecule has 0 saturated carbocycles. The smallest absolute Gasteiger partial charge is 0.270 e.